The Balaban J connectivity index is 2.98. The van der Waals surface area contributed by atoms with E-state index in [-0.39, 0.29) is 0 Å². The number of aryl methyl sites for hydroxylation is 1. The van der Waals surface area contributed by atoms with Gasteiger partial charge in [0.2, 0.25) is 6.41 Å². The van der Waals surface area contributed by atoms with Gasteiger partial charge in [0, 0.05) is 18.8 Å². The van der Waals surface area contributed by atoms with Gasteiger partial charge in [0.25, 0.3) is 0 Å². The molecule has 3 nitrogen and oxygen atoms in total. The minimum atomic E-state index is 0.756. The van der Waals surface area contributed by atoms with Gasteiger partial charge < -0.3 is 0 Å². The normalized spacial score (nSPS) is 9.44. The van der Waals surface area contributed by atoms with Crippen LogP contribution >= 0.6 is 0 Å². The minimum absolute atomic E-state index is 0.756. The number of aromatic nitrogens is 2. The van der Waals surface area contributed by atoms with E-state index < -0.39 is 0 Å². The molecule has 0 spiro atoms. The summed E-state index contributed by atoms with van der Waals surface area (Å²) in [4.78, 5) is 14.1. The van der Waals surface area contributed by atoms with Crippen LogP contribution in [0.2, 0.25) is 0 Å². The van der Waals surface area contributed by atoms with Crippen molar-refractivity contribution in [2.75, 3.05) is 0 Å². The Morgan fingerprint density at radius 3 is 3.11 bits per heavy atom. The van der Waals surface area contributed by atoms with Gasteiger partial charge in [0.05, 0.1) is 0 Å². The Morgan fingerprint density at radius 2 is 2.67 bits per heavy atom. The highest BCUT2D eigenvalue weighted by molar-refractivity contribution is 5.52. The van der Waals surface area contributed by atoms with E-state index in [1.807, 2.05) is 6.92 Å². The summed E-state index contributed by atoms with van der Waals surface area (Å²) in [6.07, 6.45) is 4.82. The fourth-order valence-electron chi connectivity index (χ4n) is 0.714. The fourth-order valence-corrected chi connectivity index (χ4v) is 0.714. The Kier molecular flexibility index (Phi) is 1.63. The summed E-state index contributed by atoms with van der Waals surface area (Å²) >= 11 is 0. The lowest BCUT2D eigenvalue weighted by Gasteiger charge is -1.91. The van der Waals surface area contributed by atoms with Crippen molar-refractivity contribution in [3.05, 3.63) is 18.2 Å². The van der Waals surface area contributed by atoms with Crippen LogP contribution in [0, 0.1) is 0 Å². The average molecular weight is 124 g/mol. The smallest absolute Gasteiger partial charge is 0.219 e. The Bertz CT molecular complexity index is 205. The Labute approximate surface area is 53.3 Å². The highest BCUT2D eigenvalue weighted by Gasteiger charge is 1.94. The predicted octanol–water partition coefficient (Wildman–Crippen LogP) is 0.484. The van der Waals surface area contributed by atoms with Crippen LogP contribution in [0.3, 0.4) is 0 Å². The van der Waals surface area contributed by atoms with Crippen molar-refractivity contribution in [3.63, 3.8) is 0 Å². The molecule has 1 rings (SSSR count). The van der Waals surface area contributed by atoms with Gasteiger partial charge in [-0.1, -0.05) is 6.92 Å². The SMILES string of the molecule is CCc1nccn1C=O. The van der Waals surface area contributed by atoms with E-state index in [1.54, 1.807) is 12.4 Å². The summed E-state index contributed by atoms with van der Waals surface area (Å²) in [5.74, 6) is 0.810. The van der Waals surface area contributed by atoms with Gasteiger partial charge in [-0.25, -0.2) is 4.98 Å². The standard InChI is InChI=1S/C6H8N2O/c1-2-6-7-3-4-8(6)5-9/h3-5H,2H2,1H3. The molecule has 0 atom stereocenters. The van der Waals surface area contributed by atoms with Gasteiger partial charge in [-0.15, -0.1) is 0 Å². The Morgan fingerprint density at radius 1 is 1.89 bits per heavy atom. The van der Waals surface area contributed by atoms with Crippen LogP contribution in [0.15, 0.2) is 12.4 Å². The monoisotopic (exact) mass is 124 g/mol. The van der Waals surface area contributed by atoms with Crippen LogP contribution < -0.4 is 0 Å². The second-order valence-corrected chi connectivity index (χ2v) is 1.71. The fraction of sp³-hybridized carbons (Fsp3) is 0.333. The summed E-state index contributed by atoms with van der Waals surface area (Å²) in [6.45, 7) is 1.96. The molecule has 1 heterocycles. The van der Waals surface area contributed by atoms with E-state index in [0.717, 1.165) is 18.7 Å². The molecule has 0 aliphatic heterocycles. The number of hydrogen-bond acceptors (Lipinski definition) is 2. The van der Waals surface area contributed by atoms with Gasteiger partial charge in [-0.3, -0.25) is 9.36 Å². The van der Waals surface area contributed by atoms with Crippen LogP contribution in [-0.4, -0.2) is 16.0 Å². The molecular formula is C6H8N2O. The first kappa shape index (κ1) is 6.01. The molecule has 0 saturated carbocycles. The molecular weight excluding hydrogens is 116 g/mol. The maximum absolute atomic E-state index is 10.2. The number of hydrogen-bond donors (Lipinski definition) is 0. The molecule has 48 valence electrons. The first-order chi connectivity index (χ1) is 4.38. The predicted molar refractivity (Wildman–Crippen MR) is 33.8 cm³/mol. The maximum Gasteiger partial charge on any atom is 0.219 e. The molecule has 0 saturated heterocycles. The number of imidazole rings is 1. The molecule has 0 amide bonds. The van der Waals surface area contributed by atoms with Crippen molar-refractivity contribution in [2.45, 2.75) is 13.3 Å². The molecule has 1 aromatic heterocycles. The van der Waals surface area contributed by atoms with Gasteiger partial charge in [-0.2, -0.15) is 0 Å². The van der Waals surface area contributed by atoms with Crippen LogP contribution in [0.1, 0.15) is 12.7 Å². The molecule has 0 unspecified atom stereocenters. The van der Waals surface area contributed by atoms with E-state index in [1.165, 1.54) is 4.57 Å². The number of nitrogens with zero attached hydrogens (tertiary/aromatic N) is 2. The van der Waals surface area contributed by atoms with Gasteiger partial charge >= 0.3 is 0 Å². The maximum atomic E-state index is 10.2. The van der Waals surface area contributed by atoms with E-state index >= 15 is 0 Å². The minimum Gasteiger partial charge on any atom is -0.278 e. The van der Waals surface area contributed by atoms with Gasteiger partial charge in [-0.05, 0) is 0 Å². The van der Waals surface area contributed by atoms with Crippen molar-refractivity contribution in [1.29, 1.82) is 0 Å². The zero-order valence-electron chi connectivity index (χ0n) is 5.24. The molecule has 0 aromatic carbocycles. The zero-order valence-corrected chi connectivity index (χ0v) is 5.24. The highest BCUT2D eigenvalue weighted by Crippen LogP contribution is 1.92. The van der Waals surface area contributed by atoms with E-state index in [0.29, 0.717) is 0 Å². The summed E-state index contributed by atoms with van der Waals surface area (Å²) in [6, 6.07) is 0. The molecule has 0 radical (unpaired) electrons. The molecule has 1 aromatic rings. The molecule has 0 bridgehead atoms. The van der Waals surface area contributed by atoms with Crippen molar-refractivity contribution in [2.24, 2.45) is 0 Å². The third kappa shape index (κ3) is 0.988. The molecule has 0 aliphatic rings. The lowest BCUT2D eigenvalue weighted by molar-refractivity contribution is 0.545. The number of rotatable bonds is 2. The summed E-state index contributed by atoms with van der Waals surface area (Å²) < 4.78 is 1.47. The third-order valence-corrected chi connectivity index (χ3v) is 1.18. The first-order valence-corrected chi connectivity index (χ1v) is 2.85. The van der Waals surface area contributed by atoms with Crippen LogP contribution in [0.25, 0.3) is 0 Å². The highest BCUT2D eigenvalue weighted by atomic mass is 16.1. The van der Waals surface area contributed by atoms with Crippen LogP contribution in [0.5, 0.6) is 0 Å². The summed E-state index contributed by atoms with van der Waals surface area (Å²) in [7, 11) is 0. The molecule has 3 heteroatoms. The van der Waals surface area contributed by atoms with Crippen molar-refractivity contribution < 1.29 is 4.79 Å². The van der Waals surface area contributed by atoms with E-state index in [9.17, 15) is 4.79 Å². The van der Waals surface area contributed by atoms with Crippen LogP contribution in [-0.2, 0) is 11.2 Å². The summed E-state index contributed by atoms with van der Waals surface area (Å²) in [5, 5.41) is 0. The number of carbonyl (C=O) groups excluding carboxylic acids is 1. The zero-order chi connectivity index (χ0) is 6.69. The first-order valence-electron chi connectivity index (χ1n) is 2.85. The summed E-state index contributed by atoms with van der Waals surface area (Å²) in [5.41, 5.74) is 0. The molecule has 0 N–H and O–H groups in total. The molecule has 0 aliphatic carbocycles. The van der Waals surface area contributed by atoms with Gasteiger partial charge in [0.1, 0.15) is 5.82 Å². The van der Waals surface area contributed by atoms with E-state index in [2.05, 4.69) is 4.98 Å². The average Bonchev–Trinajstić information content (AvgIpc) is 2.33. The van der Waals surface area contributed by atoms with E-state index in [4.69, 9.17) is 0 Å². The molecule has 0 fully saturated rings. The Hall–Kier alpha value is -1.12. The molecule has 9 heavy (non-hydrogen) atoms. The lowest BCUT2D eigenvalue weighted by atomic mass is 10.5. The van der Waals surface area contributed by atoms with Crippen LogP contribution in [0.4, 0.5) is 0 Å². The van der Waals surface area contributed by atoms with Gasteiger partial charge in [0.15, 0.2) is 0 Å². The second-order valence-electron chi connectivity index (χ2n) is 1.71. The lowest BCUT2D eigenvalue weighted by Crippen LogP contribution is -1.98. The topological polar surface area (TPSA) is 34.9 Å². The van der Waals surface area contributed by atoms with Crippen molar-refractivity contribution >= 4 is 6.41 Å². The number of carbonyl (C=O) groups is 1. The van der Waals surface area contributed by atoms with Crippen molar-refractivity contribution in [1.82, 2.24) is 9.55 Å². The largest absolute Gasteiger partial charge is 0.278 e. The second kappa shape index (κ2) is 2.44. The quantitative estimate of drug-likeness (QED) is 0.537. The third-order valence-electron chi connectivity index (χ3n) is 1.18. The van der Waals surface area contributed by atoms with Crippen molar-refractivity contribution in [3.8, 4) is 0 Å².